The third-order valence-electron chi connectivity index (χ3n) is 3.56. The Morgan fingerprint density at radius 3 is 2.74 bits per heavy atom. The number of aliphatic hydroxyl groups excluding tert-OH is 1. The van der Waals surface area contributed by atoms with Crippen molar-refractivity contribution >= 4 is 11.8 Å². The van der Waals surface area contributed by atoms with Crippen molar-refractivity contribution in [1.29, 1.82) is 0 Å². The average Bonchev–Trinajstić information content (AvgIpc) is 2.38. The number of ketones is 1. The van der Waals surface area contributed by atoms with Crippen LogP contribution in [-0.2, 0) is 14.3 Å². The zero-order chi connectivity index (χ0) is 14.4. The monoisotopic (exact) mass is 266 g/mol. The van der Waals surface area contributed by atoms with Crippen molar-refractivity contribution in [3.05, 3.63) is 23.8 Å². The molecule has 0 spiro atoms. The molecule has 0 aromatic heterocycles. The Hall–Kier alpha value is -1.42. The summed E-state index contributed by atoms with van der Waals surface area (Å²) in [4.78, 5) is 22.5. The Bertz CT molecular complexity index is 395. The van der Waals surface area contributed by atoms with Gasteiger partial charge in [0.2, 0.25) is 0 Å². The van der Waals surface area contributed by atoms with E-state index in [2.05, 4.69) is 11.3 Å². The number of allylic oxidation sites excluding steroid dienone is 2. The maximum absolute atomic E-state index is 11.5. The summed E-state index contributed by atoms with van der Waals surface area (Å²) in [5, 5.41) is 9.99. The normalized spacial score (nSPS) is 20.4. The molecule has 0 saturated carbocycles. The molecule has 2 unspecified atom stereocenters. The zero-order valence-corrected chi connectivity index (χ0v) is 11.6. The van der Waals surface area contributed by atoms with Crippen LogP contribution in [0, 0.1) is 5.92 Å². The smallest absolute Gasteiger partial charge is 0.313 e. The highest BCUT2D eigenvalue weighted by molar-refractivity contribution is 5.95. The first-order valence-corrected chi connectivity index (χ1v) is 6.55. The fraction of sp³-hybridized carbons (Fsp3) is 0.600. The minimum absolute atomic E-state index is 0.0152. The van der Waals surface area contributed by atoms with E-state index in [4.69, 9.17) is 0 Å². The molecule has 1 aliphatic rings. The summed E-state index contributed by atoms with van der Waals surface area (Å²) in [6, 6.07) is 0. The molecule has 0 fully saturated rings. The van der Waals surface area contributed by atoms with Crippen molar-refractivity contribution in [2.24, 2.45) is 5.92 Å². The van der Waals surface area contributed by atoms with Crippen molar-refractivity contribution < 1.29 is 19.4 Å². The van der Waals surface area contributed by atoms with Crippen LogP contribution in [0.4, 0.5) is 0 Å². The largest absolute Gasteiger partial charge is 0.469 e. The van der Waals surface area contributed by atoms with Crippen LogP contribution in [0.15, 0.2) is 23.8 Å². The highest BCUT2D eigenvalue weighted by Crippen LogP contribution is 2.30. The number of esters is 1. The fourth-order valence-electron chi connectivity index (χ4n) is 2.26. The van der Waals surface area contributed by atoms with Crippen LogP contribution < -0.4 is 0 Å². The number of Topliss-reactive ketones (excluding diaryl/α,β-unsaturated/α-hetero) is 1. The Labute approximate surface area is 114 Å². The number of rotatable bonds is 6. The summed E-state index contributed by atoms with van der Waals surface area (Å²) in [6.45, 7) is 5.96. The van der Waals surface area contributed by atoms with Gasteiger partial charge in [0.15, 0.2) is 0 Å². The molecule has 2 atom stereocenters. The minimum Gasteiger partial charge on any atom is -0.469 e. The third-order valence-corrected chi connectivity index (χ3v) is 3.56. The molecule has 106 valence electrons. The summed E-state index contributed by atoms with van der Waals surface area (Å²) < 4.78 is 4.42. The number of ether oxygens (including phenoxy) is 1. The van der Waals surface area contributed by atoms with E-state index in [1.54, 1.807) is 0 Å². The van der Waals surface area contributed by atoms with Gasteiger partial charge in [-0.2, -0.15) is 0 Å². The van der Waals surface area contributed by atoms with Crippen molar-refractivity contribution in [3.8, 4) is 0 Å². The molecule has 0 radical (unpaired) electrons. The summed E-state index contributed by atoms with van der Waals surface area (Å²) in [6.07, 6.45) is 3.55. The van der Waals surface area contributed by atoms with Gasteiger partial charge in [-0.15, -0.1) is 0 Å². The number of aliphatic hydroxyl groups is 1. The molecule has 0 saturated heterocycles. The molecule has 1 rings (SSSR count). The zero-order valence-electron chi connectivity index (χ0n) is 11.6. The van der Waals surface area contributed by atoms with Crippen LogP contribution in [0.25, 0.3) is 0 Å². The summed E-state index contributed by atoms with van der Waals surface area (Å²) in [7, 11) is 1.24. The fourth-order valence-corrected chi connectivity index (χ4v) is 2.26. The highest BCUT2D eigenvalue weighted by Gasteiger charge is 2.22. The first kappa shape index (κ1) is 15.6. The second kappa shape index (κ2) is 7.24. The molecule has 1 aliphatic carbocycles. The van der Waals surface area contributed by atoms with Gasteiger partial charge in [0.1, 0.15) is 12.2 Å². The quantitative estimate of drug-likeness (QED) is 0.454. The lowest BCUT2D eigenvalue weighted by Crippen LogP contribution is -2.21. The lowest BCUT2D eigenvalue weighted by Gasteiger charge is -2.24. The number of carbonyl (C=O) groups excluding carboxylic acids is 2. The standard InChI is InChI=1S/C15H22O4/c1-10(2)11-4-6-12(7-5-11)14(17)8-13(16)9-15(18)19-3/h6,11,14,17H,1,4-5,7-9H2,2-3H3. The lowest BCUT2D eigenvalue weighted by molar-refractivity contribution is -0.143. The van der Waals surface area contributed by atoms with E-state index in [0.717, 1.165) is 30.4 Å². The number of methoxy groups -OCH3 is 1. The van der Waals surface area contributed by atoms with Gasteiger partial charge in [-0.3, -0.25) is 9.59 Å². The predicted octanol–water partition coefficient (Wildman–Crippen LogP) is 2.17. The number of carbonyl (C=O) groups is 2. The van der Waals surface area contributed by atoms with Crippen LogP contribution in [0.5, 0.6) is 0 Å². The molecule has 0 aromatic rings. The van der Waals surface area contributed by atoms with Gasteiger partial charge in [-0.05, 0) is 37.7 Å². The summed E-state index contributed by atoms with van der Waals surface area (Å²) in [5.41, 5.74) is 2.06. The SMILES string of the molecule is C=C(C)C1CC=C(C(O)CC(=O)CC(=O)OC)CC1. The molecule has 0 aliphatic heterocycles. The molecule has 0 aromatic carbocycles. The first-order chi connectivity index (χ1) is 8.93. The van der Waals surface area contributed by atoms with Crippen molar-refractivity contribution in [1.82, 2.24) is 0 Å². The highest BCUT2D eigenvalue weighted by atomic mass is 16.5. The maximum atomic E-state index is 11.5. The molecule has 1 N–H and O–H groups in total. The Morgan fingerprint density at radius 2 is 2.26 bits per heavy atom. The lowest BCUT2D eigenvalue weighted by atomic mass is 9.83. The second-order valence-corrected chi connectivity index (χ2v) is 5.11. The third kappa shape index (κ3) is 4.99. The van der Waals surface area contributed by atoms with Crippen molar-refractivity contribution in [3.63, 3.8) is 0 Å². The molecular weight excluding hydrogens is 244 g/mol. The predicted molar refractivity (Wildman–Crippen MR) is 72.5 cm³/mol. The van der Waals surface area contributed by atoms with Crippen LogP contribution in [0.2, 0.25) is 0 Å². The maximum Gasteiger partial charge on any atom is 0.313 e. The van der Waals surface area contributed by atoms with Gasteiger partial charge in [0, 0.05) is 6.42 Å². The van der Waals surface area contributed by atoms with Crippen LogP contribution in [0.3, 0.4) is 0 Å². The minimum atomic E-state index is -0.775. The van der Waals surface area contributed by atoms with Crippen molar-refractivity contribution in [2.45, 2.75) is 45.1 Å². The van der Waals surface area contributed by atoms with Gasteiger partial charge in [0.05, 0.1) is 13.2 Å². The van der Waals surface area contributed by atoms with Gasteiger partial charge in [-0.1, -0.05) is 18.2 Å². The Balaban J connectivity index is 2.46. The van der Waals surface area contributed by atoms with E-state index >= 15 is 0 Å². The van der Waals surface area contributed by atoms with E-state index in [1.807, 2.05) is 13.0 Å². The second-order valence-electron chi connectivity index (χ2n) is 5.11. The van der Waals surface area contributed by atoms with Gasteiger partial charge >= 0.3 is 5.97 Å². The molecule has 4 heteroatoms. The molecular formula is C15H22O4. The van der Waals surface area contributed by atoms with E-state index in [1.165, 1.54) is 7.11 Å². The van der Waals surface area contributed by atoms with Gasteiger partial charge < -0.3 is 9.84 Å². The van der Waals surface area contributed by atoms with Crippen LogP contribution in [-0.4, -0.2) is 30.1 Å². The van der Waals surface area contributed by atoms with E-state index in [-0.39, 0.29) is 18.6 Å². The Kier molecular flexibility index (Phi) is 5.96. The van der Waals surface area contributed by atoms with Crippen LogP contribution >= 0.6 is 0 Å². The summed E-state index contributed by atoms with van der Waals surface area (Å²) in [5.74, 6) is -0.374. The average molecular weight is 266 g/mol. The molecule has 0 amide bonds. The van der Waals surface area contributed by atoms with Gasteiger partial charge in [0.25, 0.3) is 0 Å². The van der Waals surface area contributed by atoms with Crippen molar-refractivity contribution in [2.75, 3.05) is 7.11 Å². The van der Waals surface area contributed by atoms with Crippen LogP contribution in [0.1, 0.15) is 39.0 Å². The number of hydrogen-bond donors (Lipinski definition) is 1. The molecule has 0 heterocycles. The summed E-state index contributed by atoms with van der Waals surface area (Å²) >= 11 is 0. The van der Waals surface area contributed by atoms with Gasteiger partial charge in [-0.25, -0.2) is 0 Å². The molecule has 19 heavy (non-hydrogen) atoms. The molecule has 0 bridgehead atoms. The molecule has 4 nitrogen and oxygen atoms in total. The van der Waals surface area contributed by atoms with E-state index in [9.17, 15) is 14.7 Å². The topological polar surface area (TPSA) is 63.6 Å². The van der Waals surface area contributed by atoms with E-state index < -0.39 is 12.1 Å². The number of hydrogen-bond acceptors (Lipinski definition) is 4. The van der Waals surface area contributed by atoms with E-state index in [0.29, 0.717) is 5.92 Å². The Morgan fingerprint density at radius 1 is 1.58 bits per heavy atom. The first-order valence-electron chi connectivity index (χ1n) is 6.55.